The van der Waals surface area contributed by atoms with Gasteiger partial charge >= 0.3 is 148 Å². The molecule has 4 aliphatic heterocycles. The Morgan fingerprint density at radius 2 is 1.24 bits per heavy atom. The zero-order valence-electron chi connectivity index (χ0n) is 14.5. The van der Waals surface area contributed by atoms with Crippen LogP contribution in [-0.4, -0.2) is 26.2 Å². The Kier molecular flexibility index (Phi) is 2.90. The average Bonchev–Trinajstić information content (AvgIpc) is 2.55. The molecule has 6 heteroatoms. The van der Waals surface area contributed by atoms with Gasteiger partial charge in [-0.25, -0.2) is 0 Å². The third kappa shape index (κ3) is 1.05. The molecule has 0 aromatic heterocycles. The second kappa shape index (κ2) is 3.61. The molecular formula is C15H27AsCl2P3+. The van der Waals surface area contributed by atoms with E-state index in [0.29, 0.717) is 28.3 Å². The molecule has 0 saturated carbocycles. The van der Waals surface area contributed by atoms with Crippen LogP contribution in [-0.2, 0) is 0 Å². The van der Waals surface area contributed by atoms with Crippen molar-refractivity contribution < 1.29 is 0 Å². The van der Waals surface area contributed by atoms with Crippen molar-refractivity contribution in [3.05, 3.63) is 0 Å². The minimum atomic E-state index is -1.43. The zero-order valence-corrected chi connectivity index (χ0v) is 20.6. The first kappa shape index (κ1) is 16.9. The average molecular weight is 446 g/mol. The molecule has 0 radical (unpaired) electrons. The van der Waals surface area contributed by atoms with Gasteiger partial charge in [-0.05, 0) is 0 Å². The summed E-state index contributed by atoms with van der Waals surface area (Å²) in [5.74, 6) is 0. The van der Waals surface area contributed by atoms with E-state index in [2.05, 4.69) is 62.3 Å². The van der Waals surface area contributed by atoms with Crippen LogP contribution >= 0.6 is 42.9 Å². The summed E-state index contributed by atoms with van der Waals surface area (Å²) in [6, 6.07) is 0. The summed E-state index contributed by atoms with van der Waals surface area (Å²) in [5, 5.41) is 0. The standard InChI is InChI=1S/C15H27AsCl2P3/c1-10(2,3)13-16-14(11(4,5)6)20(17)15(19(13)16,12(7,8)9)21(13,14)18/h1-9H3/q+1. The summed E-state index contributed by atoms with van der Waals surface area (Å²) in [5.41, 5.74) is 1.10. The van der Waals surface area contributed by atoms with Crippen LogP contribution < -0.4 is 0 Å². The van der Waals surface area contributed by atoms with Crippen LogP contribution in [0.1, 0.15) is 62.3 Å². The van der Waals surface area contributed by atoms with Gasteiger partial charge in [0.2, 0.25) is 0 Å². The van der Waals surface area contributed by atoms with Crippen LogP contribution in [0.15, 0.2) is 0 Å². The Morgan fingerprint density at radius 3 is 1.57 bits per heavy atom. The van der Waals surface area contributed by atoms with E-state index in [1.807, 2.05) is 0 Å². The zero-order chi connectivity index (χ0) is 16.2. The fraction of sp³-hybridized carbons (Fsp3) is 1.00. The molecule has 4 rings (SSSR count). The Labute approximate surface area is 147 Å². The Hall–Kier alpha value is 2.43. The molecule has 0 amide bonds. The predicted molar refractivity (Wildman–Crippen MR) is 105 cm³/mol. The molecular weight excluding hydrogens is 419 g/mol. The molecule has 7 unspecified atom stereocenters. The van der Waals surface area contributed by atoms with Gasteiger partial charge < -0.3 is 0 Å². The summed E-state index contributed by atoms with van der Waals surface area (Å²) >= 11 is 14.2. The summed E-state index contributed by atoms with van der Waals surface area (Å²) in [6.45, 7) is 20.9. The molecule has 4 heterocycles. The fourth-order valence-corrected chi connectivity index (χ4v) is 102. The molecule has 0 nitrogen and oxygen atoms in total. The van der Waals surface area contributed by atoms with E-state index in [9.17, 15) is 0 Å². The molecule has 4 saturated heterocycles. The van der Waals surface area contributed by atoms with Gasteiger partial charge in [0.25, 0.3) is 0 Å². The Bertz CT molecular complexity index is 537. The Morgan fingerprint density at radius 1 is 0.810 bits per heavy atom. The van der Waals surface area contributed by atoms with Crippen molar-refractivity contribution in [2.24, 2.45) is 16.2 Å². The van der Waals surface area contributed by atoms with E-state index >= 15 is 0 Å². The number of halogens is 2. The van der Waals surface area contributed by atoms with Gasteiger partial charge in [-0.2, -0.15) is 0 Å². The molecule has 0 aliphatic carbocycles. The molecule has 4 aliphatic rings. The van der Waals surface area contributed by atoms with Crippen molar-refractivity contribution in [1.82, 2.24) is 0 Å². The van der Waals surface area contributed by atoms with Gasteiger partial charge in [0.05, 0.1) is 0 Å². The van der Waals surface area contributed by atoms with Gasteiger partial charge in [0.1, 0.15) is 0 Å². The van der Waals surface area contributed by atoms with Crippen molar-refractivity contribution in [2.45, 2.75) is 74.3 Å². The van der Waals surface area contributed by atoms with E-state index in [1.165, 1.54) is 0 Å². The van der Waals surface area contributed by atoms with Gasteiger partial charge in [0.15, 0.2) is 0 Å². The van der Waals surface area contributed by atoms with Crippen LogP contribution in [0.5, 0.6) is 0 Å². The van der Waals surface area contributed by atoms with Crippen LogP contribution in [0.3, 0.4) is 0 Å². The molecule has 4 fully saturated rings. The van der Waals surface area contributed by atoms with E-state index in [0.717, 1.165) is 0 Å². The molecule has 0 N–H and O–H groups in total. The molecule has 0 spiro atoms. The van der Waals surface area contributed by atoms with Crippen molar-refractivity contribution in [2.75, 3.05) is 0 Å². The summed E-state index contributed by atoms with van der Waals surface area (Å²) < 4.78 is 1.60. The van der Waals surface area contributed by atoms with E-state index in [-0.39, 0.29) is 13.8 Å². The quantitative estimate of drug-likeness (QED) is 0.266. The van der Waals surface area contributed by atoms with Crippen LogP contribution in [0, 0.1) is 16.2 Å². The summed E-state index contributed by atoms with van der Waals surface area (Å²) in [4.78, 5) is 0. The second-order valence-electron chi connectivity index (χ2n) is 10.1. The molecule has 0 bridgehead atoms. The fourth-order valence-electron chi connectivity index (χ4n) is 5.84. The van der Waals surface area contributed by atoms with Gasteiger partial charge in [-0.3, -0.25) is 0 Å². The van der Waals surface area contributed by atoms with Crippen LogP contribution in [0.25, 0.3) is 0 Å². The summed E-state index contributed by atoms with van der Waals surface area (Å²) in [6.07, 6.45) is 0. The van der Waals surface area contributed by atoms with Crippen LogP contribution in [0.2, 0.25) is 0 Å². The number of hydrogen-bond acceptors (Lipinski definition) is 0. The maximum absolute atomic E-state index is 7.78. The van der Waals surface area contributed by atoms with Gasteiger partial charge in [0, 0.05) is 0 Å². The van der Waals surface area contributed by atoms with E-state index < -0.39 is 20.8 Å². The van der Waals surface area contributed by atoms with Crippen molar-refractivity contribution in [3.8, 4) is 0 Å². The molecule has 120 valence electrons. The maximum atomic E-state index is 7.78. The van der Waals surface area contributed by atoms with Crippen molar-refractivity contribution >= 4 is 57.0 Å². The number of rotatable bonds is 0. The topological polar surface area (TPSA) is 0 Å². The molecule has 0 aromatic rings. The van der Waals surface area contributed by atoms with Crippen LogP contribution in [0.4, 0.5) is 0 Å². The second-order valence-corrected chi connectivity index (χ2v) is 33.3. The van der Waals surface area contributed by atoms with Crippen molar-refractivity contribution in [1.29, 1.82) is 0 Å². The number of fused-ring (bicyclic) bond motifs is 3. The SMILES string of the molecule is CC(C)(C)C12P(Cl)C3(C(C)(C)C)[As]4P1C4(C(C)(C)C)[P+]23Cl. The Balaban J connectivity index is 1.95. The normalized spacial score (nSPS) is 60.4. The van der Waals surface area contributed by atoms with E-state index in [1.54, 1.807) is 0 Å². The number of hydrogen-bond donors (Lipinski definition) is 0. The summed E-state index contributed by atoms with van der Waals surface area (Å²) in [7, 11) is -0.379. The van der Waals surface area contributed by atoms with Crippen molar-refractivity contribution in [3.63, 3.8) is 0 Å². The predicted octanol–water partition coefficient (Wildman–Crippen LogP) is 7.58. The first-order valence-electron chi connectivity index (χ1n) is 7.80. The van der Waals surface area contributed by atoms with Gasteiger partial charge in [-0.15, -0.1) is 0 Å². The first-order valence-corrected chi connectivity index (χ1v) is 18.4. The van der Waals surface area contributed by atoms with Gasteiger partial charge in [-0.1, -0.05) is 0 Å². The third-order valence-electron chi connectivity index (χ3n) is 6.20. The molecule has 21 heavy (non-hydrogen) atoms. The molecule has 7 atom stereocenters. The third-order valence-corrected chi connectivity index (χ3v) is 60.8. The monoisotopic (exact) mass is 445 g/mol. The minimum absolute atomic E-state index is 0.189. The first-order chi connectivity index (χ1) is 9.14. The van der Waals surface area contributed by atoms with E-state index in [4.69, 9.17) is 22.5 Å². The molecule has 0 aromatic carbocycles.